The van der Waals surface area contributed by atoms with Gasteiger partial charge in [0, 0.05) is 5.56 Å². The summed E-state index contributed by atoms with van der Waals surface area (Å²) in [6, 6.07) is 13.7. The first kappa shape index (κ1) is 25.0. The Labute approximate surface area is 197 Å². The van der Waals surface area contributed by atoms with Crippen molar-refractivity contribution in [1.29, 1.82) is 5.26 Å². The van der Waals surface area contributed by atoms with Gasteiger partial charge in [-0.15, -0.1) is 0 Å². The standard InChI is InChI=1S/C28H25F4NO/c1-2-3-4-13-34-22-10-7-19(8-11-22)5-6-20-14-25(29)23(26(30)15-20)12-9-21-16-27(31)24(18-33)28(32)17-21/h2-3,7-8,10-11,14-17H,4-6,9,12-13H2,1H3/b3-2+. The van der Waals surface area contributed by atoms with E-state index < -0.39 is 28.8 Å². The molecule has 0 unspecified atom stereocenters. The lowest BCUT2D eigenvalue weighted by Gasteiger charge is -2.10. The number of rotatable bonds is 10. The van der Waals surface area contributed by atoms with Crippen molar-refractivity contribution in [2.45, 2.75) is 39.0 Å². The Morgan fingerprint density at radius 2 is 1.29 bits per heavy atom. The first-order valence-corrected chi connectivity index (χ1v) is 11.1. The molecule has 0 aromatic heterocycles. The Kier molecular flexibility index (Phi) is 8.86. The molecule has 0 spiro atoms. The second-order valence-electron chi connectivity index (χ2n) is 7.93. The number of hydrogen-bond acceptors (Lipinski definition) is 2. The van der Waals surface area contributed by atoms with Crippen LogP contribution in [0.1, 0.15) is 41.2 Å². The normalized spacial score (nSPS) is 11.1. The van der Waals surface area contributed by atoms with E-state index in [2.05, 4.69) is 0 Å². The van der Waals surface area contributed by atoms with E-state index in [-0.39, 0.29) is 24.0 Å². The Bertz CT molecular complexity index is 1150. The molecule has 6 heteroatoms. The molecule has 2 nitrogen and oxygen atoms in total. The molecule has 0 aliphatic rings. The number of benzene rings is 3. The third-order valence-electron chi connectivity index (χ3n) is 5.49. The zero-order valence-electron chi connectivity index (χ0n) is 18.9. The summed E-state index contributed by atoms with van der Waals surface area (Å²) in [6.45, 7) is 2.56. The lowest BCUT2D eigenvalue weighted by atomic mass is 9.98. The van der Waals surface area contributed by atoms with Crippen molar-refractivity contribution in [1.82, 2.24) is 0 Å². The van der Waals surface area contributed by atoms with Crippen molar-refractivity contribution >= 4 is 0 Å². The van der Waals surface area contributed by atoms with Crippen LogP contribution in [0.2, 0.25) is 0 Å². The lowest BCUT2D eigenvalue weighted by Crippen LogP contribution is -2.03. The maximum atomic E-state index is 14.6. The summed E-state index contributed by atoms with van der Waals surface area (Å²) >= 11 is 0. The van der Waals surface area contributed by atoms with Gasteiger partial charge in [-0.1, -0.05) is 24.3 Å². The van der Waals surface area contributed by atoms with Gasteiger partial charge in [0.05, 0.1) is 6.61 Å². The third-order valence-corrected chi connectivity index (χ3v) is 5.49. The van der Waals surface area contributed by atoms with Crippen LogP contribution in [0, 0.1) is 34.6 Å². The van der Waals surface area contributed by atoms with Crippen LogP contribution >= 0.6 is 0 Å². The Morgan fingerprint density at radius 1 is 0.765 bits per heavy atom. The molecule has 0 amide bonds. The Morgan fingerprint density at radius 3 is 1.85 bits per heavy atom. The average Bonchev–Trinajstić information content (AvgIpc) is 2.80. The molecular formula is C28H25F4NO. The molecule has 0 N–H and O–H groups in total. The number of allylic oxidation sites excluding steroid dienone is 1. The molecule has 176 valence electrons. The fraction of sp³-hybridized carbons (Fsp3) is 0.250. The second kappa shape index (κ2) is 12.0. The predicted molar refractivity (Wildman–Crippen MR) is 124 cm³/mol. The molecule has 0 fully saturated rings. The highest BCUT2D eigenvalue weighted by Crippen LogP contribution is 2.22. The maximum Gasteiger partial charge on any atom is 0.144 e. The summed E-state index contributed by atoms with van der Waals surface area (Å²) in [5, 5.41) is 8.74. The van der Waals surface area contributed by atoms with Crippen molar-refractivity contribution in [3.63, 3.8) is 0 Å². The van der Waals surface area contributed by atoms with Gasteiger partial charge in [0.2, 0.25) is 0 Å². The Hall–Kier alpha value is -3.59. The summed E-state index contributed by atoms with van der Waals surface area (Å²) in [6.07, 6.45) is 5.90. The van der Waals surface area contributed by atoms with Gasteiger partial charge in [-0.2, -0.15) is 5.26 Å². The molecule has 0 saturated heterocycles. The molecule has 34 heavy (non-hydrogen) atoms. The van der Waals surface area contributed by atoms with Crippen LogP contribution in [0.4, 0.5) is 17.6 Å². The highest BCUT2D eigenvalue weighted by Gasteiger charge is 2.14. The molecule has 3 aromatic carbocycles. The van der Waals surface area contributed by atoms with Gasteiger partial charge in [0.25, 0.3) is 0 Å². The summed E-state index contributed by atoms with van der Waals surface area (Å²) < 4.78 is 62.3. The molecule has 0 saturated carbocycles. The quantitative estimate of drug-likeness (QED) is 0.182. The minimum Gasteiger partial charge on any atom is -0.493 e. The van der Waals surface area contributed by atoms with Crippen molar-refractivity contribution in [3.05, 3.63) is 112 Å². The number of halogens is 4. The SMILES string of the molecule is C/C=C/CCOc1ccc(CCc2cc(F)c(CCc3cc(F)c(C#N)c(F)c3)c(F)c2)cc1. The smallest absolute Gasteiger partial charge is 0.144 e. The summed E-state index contributed by atoms with van der Waals surface area (Å²) in [7, 11) is 0. The minimum atomic E-state index is -0.984. The van der Waals surface area contributed by atoms with Crippen molar-refractivity contribution in [3.8, 4) is 11.8 Å². The van der Waals surface area contributed by atoms with Crippen molar-refractivity contribution < 1.29 is 22.3 Å². The van der Waals surface area contributed by atoms with E-state index in [0.29, 0.717) is 25.0 Å². The third kappa shape index (κ3) is 6.71. The van der Waals surface area contributed by atoms with Crippen LogP contribution in [0.25, 0.3) is 0 Å². The summed E-state index contributed by atoms with van der Waals surface area (Å²) in [5.74, 6) is -2.57. The van der Waals surface area contributed by atoms with Gasteiger partial charge in [-0.05, 0) is 92.1 Å². The Balaban J connectivity index is 1.58. The van der Waals surface area contributed by atoms with Crippen LogP contribution in [0.3, 0.4) is 0 Å². The van der Waals surface area contributed by atoms with Gasteiger partial charge in [0.1, 0.15) is 40.7 Å². The van der Waals surface area contributed by atoms with Gasteiger partial charge in [-0.3, -0.25) is 0 Å². The number of nitriles is 1. The highest BCUT2D eigenvalue weighted by molar-refractivity contribution is 5.36. The van der Waals surface area contributed by atoms with E-state index in [0.717, 1.165) is 29.9 Å². The van der Waals surface area contributed by atoms with E-state index in [1.165, 1.54) is 18.2 Å². The summed E-state index contributed by atoms with van der Waals surface area (Å²) in [5.41, 5.74) is 0.980. The van der Waals surface area contributed by atoms with Crippen molar-refractivity contribution in [2.24, 2.45) is 0 Å². The van der Waals surface area contributed by atoms with Gasteiger partial charge >= 0.3 is 0 Å². The van der Waals surface area contributed by atoms with Crippen LogP contribution in [-0.2, 0) is 25.7 Å². The van der Waals surface area contributed by atoms with E-state index in [9.17, 15) is 17.6 Å². The topological polar surface area (TPSA) is 33.0 Å². The fourth-order valence-corrected chi connectivity index (χ4v) is 3.64. The fourth-order valence-electron chi connectivity index (χ4n) is 3.64. The maximum absolute atomic E-state index is 14.6. The molecule has 3 aromatic rings. The highest BCUT2D eigenvalue weighted by atomic mass is 19.1. The molecular weight excluding hydrogens is 442 g/mol. The zero-order valence-corrected chi connectivity index (χ0v) is 18.9. The molecule has 0 aliphatic heterocycles. The minimum absolute atomic E-state index is 0.0376. The van der Waals surface area contributed by atoms with Crippen LogP contribution in [-0.4, -0.2) is 6.61 Å². The number of nitrogens with zero attached hydrogens (tertiary/aromatic N) is 1. The van der Waals surface area contributed by atoms with E-state index in [1.54, 1.807) is 0 Å². The monoisotopic (exact) mass is 467 g/mol. The predicted octanol–water partition coefficient (Wildman–Crippen LogP) is 7.03. The van der Waals surface area contributed by atoms with Crippen LogP contribution in [0.5, 0.6) is 5.75 Å². The van der Waals surface area contributed by atoms with Crippen LogP contribution < -0.4 is 4.74 Å². The zero-order chi connectivity index (χ0) is 24.5. The lowest BCUT2D eigenvalue weighted by molar-refractivity contribution is 0.325. The van der Waals surface area contributed by atoms with Gasteiger partial charge in [-0.25, -0.2) is 17.6 Å². The molecule has 0 aliphatic carbocycles. The first-order valence-electron chi connectivity index (χ1n) is 11.1. The molecule has 3 rings (SSSR count). The number of aryl methyl sites for hydroxylation is 3. The van der Waals surface area contributed by atoms with E-state index in [4.69, 9.17) is 10.00 Å². The molecule has 0 atom stereocenters. The molecule has 0 bridgehead atoms. The first-order chi connectivity index (χ1) is 16.4. The van der Waals surface area contributed by atoms with Crippen molar-refractivity contribution in [2.75, 3.05) is 6.61 Å². The van der Waals surface area contributed by atoms with Gasteiger partial charge in [0.15, 0.2) is 0 Å². The molecule has 0 radical (unpaired) electrons. The van der Waals surface area contributed by atoms with E-state index in [1.807, 2.05) is 43.3 Å². The number of ether oxygens (including phenoxy) is 1. The second-order valence-corrected chi connectivity index (χ2v) is 7.93. The van der Waals surface area contributed by atoms with Gasteiger partial charge < -0.3 is 4.74 Å². The largest absolute Gasteiger partial charge is 0.493 e. The number of hydrogen-bond donors (Lipinski definition) is 0. The average molecular weight is 468 g/mol. The summed E-state index contributed by atoms with van der Waals surface area (Å²) in [4.78, 5) is 0. The van der Waals surface area contributed by atoms with E-state index >= 15 is 0 Å². The molecule has 0 heterocycles. The van der Waals surface area contributed by atoms with Crippen LogP contribution in [0.15, 0.2) is 60.7 Å².